The standard InChI is InChI=1S/C20H27N3O2/c1-13-17(10-15-8-9-16(25-2)11-18(15)22-13)20(24)23-19(12-21)14-6-4-3-5-7-14/h8-11,14,19H,3-7,12,21H2,1-2H3,(H,23,24). The molecule has 0 radical (unpaired) electrons. The van der Waals surface area contributed by atoms with Crippen LogP contribution in [-0.2, 0) is 0 Å². The number of pyridine rings is 1. The highest BCUT2D eigenvalue weighted by atomic mass is 16.5. The molecule has 0 spiro atoms. The van der Waals surface area contributed by atoms with Crippen molar-refractivity contribution in [3.63, 3.8) is 0 Å². The molecule has 1 aliphatic carbocycles. The molecule has 3 rings (SSSR count). The van der Waals surface area contributed by atoms with Crippen molar-refractivity contribution in [1.82, 2.24) is 10.3 Å². The van der Waals surface area contributed by atoms with Gasteiger partial charge in [0.1, 0.15) is 5.75 Å². The van der Waals surface area contributed by atoms with Crippen molar-refractivity contribution in [1.29, 1.82) is 0 Å². The van der Waals surface area contributed by atoms with Crippen molar-refractivity contribution in [2.75, 3.05) is 13.7 Å². The summed E-state index contributed by atoms with van der Waals surface area (Å²) in [7, 11) is 1.63. The van der Waals surface area contributed by atoms with Gasteiger partial charge in [0.15, 0.2) is 0 Å². The lowest BCUT2D eigenvalue weighted by molar-refractivity contribution is 0.0914. The maximum Gasteiger partial charge on any atom is 0.253 e. The molecule has 5 nitrogen and oxygen atoms in total. The summed E-state index contributed by atoms with van der Waals surface area (Å²) in [4.78, 5) is 17.4. The first-order chi connectivity index (χ1) is 12.1. The summed E-state index contributed by atoms with van der Waals surface area (Å²) in [6.07, 6.45) is 6.05. The van der Waals surface area contributed by atoms with Crippen LogP contribution in [-0.4, -0.2) is 30.6 Å². The van der Waals surface area contributed by atoms with Crippen LogP contribution in [0.3, 0.4) is 0 Å². The number of methoxy groups -OCH3 is 1. The first-order valence-corrected chi connectivity index (χ1v) is 9.08. The quantitative estimate of drug-likeness (QED) is 0.875. The Morgan fingerprint density at radius 1 is 1.32 bits per heavy atom. The smallest absolute Gasteiger partial charge is 0.253 e. The van der Waals surface area contributed by atoms with E-state index in [0.717, 1.165) is 35.2 Å². The number of aryl methyl sites for hydroxylation is 1. The van der Waals surface area contributed by atoms with Crippen LogP contribution < -0.4 is 15.8 Å². The van der Waals surface area contributed by atoms with Crippen LogP contribution in [0.1, 0.15) is 48.2 Å². The van der Waals surface area contributed by atoms with Gasteiger partial charge >= 0.3 is 0 Å². The van der Waals surface area contributed by atoms with Gasteiger partial charge in [0.25, 0.3) is 5.91 Å². The number of carbonyl (C=O) groups excluding carboxylic acids is 1. The molecule has 5 heteroatoms. The van der Waals surface area contributed by atoms with Crippen LogP contribution in [0, 0.1) is 12.8 Å². The Morgan fingerprint density at radius 2 is 2.08 bits per heavy atom. The summed E-state index contributed by atoms with van der Waals surface area (Å²) < 4.78 is 5.24. The number of hydrogen-bond acceptors (Lipinski definition) is 4. The van der Waals surface area contributed by atoms with E-state index in [4.69, 9.17) is 10.5 Å². The Labute approximate surface area is 149 Å². The minimum absolute atomic E-state index is 0.0405. The van der Waals surface area contributed by atoms with Crippen LogP contribution in [0.5, 0.6) is 5.75 Å². The second-order valence-electron chi connectivity index (χ2n) is 6.89. The molecule has 1 aromatic heterocycles. The molecule has 1 amide bonds. The topological polar surface area (TPSA) is 77.2 Å². The number of carbonyl (C=O) groups is 1. The van der Waals surface area contributed by atoms with E-state index in [-0.39, 0.29) is 11.9 Å². The van der Waals surface area contributed by atoms with Gasteiger partial charge in [-0.3, -0.25) is 9.78 Å². The summed E-state index contributed by atoms with van der Waals surface area (Å²) in [6, 6.07) is 7.64. The molecule has 1 atom stereocenters. The highest BCUT2D eigenvalue weighted by Crippen LogP contribution is 2.27. The largest absolute Gasteiger partial charge is 0.497 e. The van der Waals surface area contributed by atoms with Crippen LogP contribution in [0.2, 0.25) is 0 Å². The second kappa shape index (κ2) is 7.83. The Bertz CT molecular complexity index is 754. The molecule has 0 bridgehead atoms. The fourth-order valence-electron chi connectivity index (χ4n) is 3.75. The van der Waals surface area contributed by atoms with Gasteiger partial charge in [0.05, 0.1) is 23.9 Å². The van der Waals surface area contributed by atoms with Gasteiger partial charge in [-0.15, -0.1) is 0 Å². The van der Waals surface area contributed by atoms with Gasteiger partial charge in [0.2, 0.25) is 0 Å². The third-order valence-corrected chi connectivity index (χ3v) is 5.25. The maximum absolute atomic E-state index is 12.8. The maximum atomic E-state index is 12.8. The van der Waals surface area contributed by atoms with Crippen LogP contribution in [0.15, 0.2) is 24.3 Å². The third kappa shape index (κ3) is 3.93. The molecule has 1 unspecified atom stereocenters. The minimum atomic E-state index is -0.0799. The lowest BCUT2D eigenvalue weighted by Gasteiger charge is -2.30. The van der Waals surface area contributed by atoms with E-state index in [1.165, 1.54) is 19.3 Å². The first-order valence-electron chi connectivity index (χ1n) is 9.08. The number of amides is 1. The van der Waals surface area contributed by atoms with Gasteiger partial charge in [0, 0.05) is 24.0 Å². The van der Waals surface area contributed by atoms with E-state index in [1.54, 1.807) is 7.11 Å². The number of rotatable bonds is 5. The average molecular weight is 341 g/mol. The molecule has 0 saturated heterocycles. The molecule has 0 aliphatic heterocycles. The number of fused-ring (bicyclic) bond motifs is 1. The summed E-state index contributed by atoms with van der Waals surface area (Å²) in [5.74, 6) is 1.17. The molecular weight excluding hydrogens is 314 g/mol. The van der Waals surface area contributed by atoms with Crippen molar-refractivity contribution in [3.8, 4) is 5.75 Å². The fraction of sp³-hybridized carbons (Fsp3) is 0.500. The number of ether oxygens (including phenoxy) is 1. The summed E-state index contributed by atoms with van der Waals surface area (Å²) in [5, 5.41) is 4.08. The van der Waals surface area contributed by atoms with E-state index < -0.39 is 0 Å². The van der Waals surface area contributed by atoms with Gasteiger partial charge < -0.3 is 15.8 Å². The van der Waals surface area contributed by atoms with Gasteiger partial charge in [-0.2, -0.15) is 0 Å². The van der Waals surface area contributed by atoms with Gasteiger partial charge in [-0.05, 0) is 43.9 Å². The fourth-order valence-corrected chi connectivity index (χ4v) is 3.75. The Morgan fingerprint density at radius 3 is 2.76 bits per heavy atom. The molecule has 134 valence electrons. The summed E-state index contributed by atoms with van der Waals surface area (Å²) in [6.45, 7) is 2.35. The van der Waals surface area contributed by atoms with E-state index in [2.05, 4.69) is 10.3 Å². The number of hydrogen-bond donors (Lipinski definition) is 2. The molecule has 1 saturated carbocycles. The number of nitrogens with one attached hydrogen (secondary N) is 1. The Balaban J connectivity index is 1.82. The SMILES string of the molecule is COc1ccc2cc(C(=O)NC(CN)C3CCCCC3)c(C)nc2c1. The Kier molecular flexibility index (Phi) is 5.53. The lowest BCUT2D eigenvalue weighted by Crippen LogP contribution is -2.46. The van der Waals surface area contributed by atoms with E-state index in [9.17, 15) is 4.79 Å². The average Bonchev–Trinajstić information content (AvgIpc) is 2.65. The monoisotopic (exact) mass is 341 g/mol. The molecule has 1 heterocycles. The number of nitrogens with two attached hydrogens (primary N) is 1. The van der Waals surface area contributed by atoms with Crippen molar-refractivity contribution in [2.24, 2.45) is 11.7 Å². The van der Waals surface area contributed by atoms with Crippen molar-refractivity contribution in [3.05, 3.63) is 35.5 Å². The second-order valence-corrected chi connectivity index (χ2v) is 6.89. The summed E-state index contributed by atoms with van der Waals surface area (Å²) in [5.41, 5.74) is 8.11. The predicted molar refractivity (Wildman–Crippen MR) is 99.9 cm³/mol. The third-order valence-electron chi connectivity index (χ3n) is 5.25. The van der Waals surface area contributed by atoms with E-state index in [0.29, 0.717) is 18.0 Å². The molecular formula is C20H27N3O2. The van der Waals surface area contributed by atoms with E-state index in [1.807, 2.05) is 31.2 Å². The molecule has 3 N–H and O–H groups in total. The van der Waals surface area contributed by atoms with Gasteiger partial charge in [-0.25, -0.2) is 0 Å². The summed E-state index contributed by atoms with van der Waals surface area (Å²) >= 11 is 0. The molecule has 1 aliphatic rings. The highest BCUT2D eigenvalue weighted by molar-refractivity contribution is 5.99. The van der Waals surface area contributed by atoms with Gasteiger partial charge in [-0.1, -0.05) is 19.3 Å². The zero-order valence-corrected chi connectivity index (χ0v) is 15.0. The zero-order chi connectivity index (χ0) is 17.8. The number of nitrogens with zero attached hydrogens (tertiary/aromatic N) is 1. The van der Waals surface area contributed by atoms with Crippen molar-refractivity contribution >= 4 is 16.8 Å². The minimum Gasteiger partial charge on any atom is -0.497 e. The van der Waals surface area contributed by atoms with Crippen LogP contribution in [0.4, 0.5) is 0 Å². The predicted octanol–water partition coefficient (Wildman–Crippen LogP) is 3.19. The molecule has 25 heavy (non-hydrogen) atoms. The van der Waals surface area contributed by atoms with Crippen molar-refractivity contribution in [2.45, 2.75) is 45.1 Å². The normalized spacial score (nSPS) is 16.6. The van der Waals surface area contributed by atoms with Crippen LogP contribution in [0.25, 0.3) is 10.9 Å². The zero-order valence-electron chi connectivity index (χ0n) is 15.0. The van der Waals surface area contributed by atoms with Crippen LogP contribution >= 0.6 is 0 Å². The Hall–Kier alpha value is -2.14. The molecule has 1 fully saturated rings. The van der Waals surface area contributed by atoms with E-state index >= 15 is 0 Å². The van der Waals surface area contributed by atoms with Crippen molar-refractivity contribution < 1.29 is 9.53 Å². The lowest BCUT2D eigenvalue weighted by atomic mass is 9.84. The first kappa shape index (κ1) is 17.7. The molecule has 2 aromatic rings. The highest BCUT2D eigenvalue weighted by Gasteiger charge is 2.25. The number of aromatic nitrogens is 1. The number of benzene rings is 1. The molecule has 1 aromatic carbocycles.